The van der Waals surface area contributed by atoms with E-state index in [2.05, 4.69) is 89.2 Å². The number of hydrogen-bond acceptors (Lipinski definition) is 2. The highest BCUT2D eigenvalue weighted by Crippen LogP contribution is 2.42. The van der Waals surface area contributed by atoms with Crippen LogP contribution in [0.2, 0.25) is 0 Å². The van der Waals surface area contributed by atoms with Crippen molar-refractivity contribution in [2.24, 2.45) is 0 Å². The van der Waals surface area contributed by atoms with Gasteiger partial charge in [-0.1, -0.05) is 66.6 Å². The third-order valence-electron chi connectivity index (χ3n) is 6.14. The zero-order chi connectivity index (χ0) is 19.5. The molecule has 0 radical (unpaired) electrons. The molecule has 0 aromatic heterocycles. The first-order valence-electron chi connectivity index (χ1n) is 10.2. The number of benzene rings is 2. The molecule has 0 N–H and O–H groups in total. The Bertz CT molecular complexity index is 723. The van der Waals surface area contributed by atoms with E-state index in [1.807, 2.05) is 0 Å². The quantitative estimate of drug-likeness (QED) is 0.435. The van der Waals surface area contributed by atoms with Crippen LogP contribution in [0.5, 0.6) is 0 Å². The predicted octanol–water partition coefficient (Wildman–Crippen LogP) is 6.12. The molecular formula is C24H33BO2. The Morgan fingerprint density at radius 2 is 1.52 bits per heavy atom. The molecule has 3 heteroatoms. The first-order valence-corrected chi connectivity index (χ1v) is 10.2. The Labute approximate surface area is 165 Å². The molecule has 1 aliphatic rings. The summed E-state index contributed by atoms with van der Waals surface area (Å²) in [6.45, 7) is 10.7. The molecule has 2 aromatic rings. The second-order valence-corrected chi connectivity index (χ2v) is 8.88. The summed E-state index contributed by atoms with van der Waals surface area (Å²) in [6, 6.07) is 19.6. The van der Waals surface area contributed by atoms with Gasteiger partial charge in [-0.3, -0.25) is 0 Å². The highest BCUT2D eigenvalue weighted by atomic mass is 16.7. The van der Waals surface area contributed by atoms with Gasteiger partial charge in [0.15, 0.2) is 0 Å². The number of hydrogen-bond donors (Lipinski definition) is 0. The van der Waals surface area contributed by atoms with E-state index < -0.39 is 0 Å². The van der Waals surface area contributed by atoms with Crippen molar-refractivity contribution in [3.05, 3.63) is 71.3 Å². The van der Waals surface area contributed by atoms with E-state index in [9.17, 15) is 0 Å². The van der Waals surface area contributed by atoms with Gasteiger partial charge in [0.2, 0.25) is 0 Å². The van der Waals surface area contributed by atoms with Crippen molar-refractivity contribution >= 4 is 7.12 Å². The number of unbranched alkanes of at least 4 members (excludes halogenated alkanes) is 1. The Morgan fingerprint density at radius 1 is 0.852 bits per heavy atom. The maximum Gasteiger partial charge on any atom is 0.465 e. The lowest BCUT2D eigenvalue weighted by molar-refractivity contribution is 0.00578. The van der Waals surface area contributed by atoms with Crippen LogP contribution in [0, 0.1) is 6.92 Å². The van der Waals surface area contributed by atoms with Crippen LogP contribution < -0.4 is 0 Å². The zero-order valence-electron chi connectivity index (χ0n) is 17.5. The molecule has 0 spiro atoms. The third-order valence-corrected chi connectivity index (χ3v) is 6.14. The molecule has 1 unspecified atom stereocenters. The lowest BCUT2D eigenvalue weighted by Crippen LogP contribution is -2.41. The maximum absolute atomic E-state index is 6.41. The van der Waals surface area contributed by atoms with Crippen LogP contribution in [-0.2, 0) is 15.7 Å². The third kappa shape index (κ3) is 4.83. The van der Waals surface area contributed by atoms with Gasteiger partial charge < -0.3 is 9.31 Å². The molecule has 3 rings (SSSR count). The fraction of sp³-hybridized carbons (Fsp3) is 0.500. The normalized spacial score (nSPS) is 19.2. The zero-order valence-corrected chi connectivity index (χ0v) is 17.5. The van der Waals surface area contributed by atoms with Crippen molar-refractivity contribution in [2.75, 3.05) is 0 Å². The number of aryl methyl sites for hydroxylation is 2. The Kier molecular flexibility index (Phi) is 6.13. The maximum atomic E-state index is 6.41. The summed E-state index contributed by atoms with van der Waals surface area (Å²) in [6.07, 6.45) is 4.56. The summed E-state index contributed by atoms with van der Waals surface area (Å²) >= 11 is 0. The molecule has 27 heavy (non-hydrogen) atoms. The summed E-state index contributed by atoms with van der Waals surface area (Å²) in [5.41, 5.74) is 3.46. The van der Waals surface area contributed by atoms with E-state index in [0.717, 1.165) is 19.3 Å². The van der Waals surface area contributed by atoms with Crippen molar-refractivity contribution in [2.45, 2.75) is 77.3 Å². The van der Waals surface area contributed by atoms with Crippen LogP contribution in [0.25, 0.3) is 0 Å². The molecule has 2 aromatic carbocycles. The summed E-state index contributed by atoms with van der Waals surface area (Å²) in [5.74, 6) is 0.265. The first-order chi connectivity index (χ1) is 12.8. The largest absolute Gasteiger partial charge is 0.465 e. The van der Waals surface area contributed by atoms with E-state index in [0.29, 0.717) is 0 Å². The lowest BCUT2D eigenvalue weighted by Gasteiger charge is -2.32. The minimum atomic E-state index is -0.288. The molecule has 0 amide bonds. The summed E-state index contributed by atoms with van der Waals surface area (Å²) < 4.78 is 12.8. The van der Waals surface area contributed by atoms with Crippen LogP contribution in [0.15, 0.2) is 54.6 Å². The van der Waals surface area contributed by atoms with Crippen molar-refractivity contribution in [3.63, 3.8) is 0 Å². The molecule has 1 heterocycles. The highest BCUT2D eigenvalue weighted by molar-refractivity contribution is 6.47. The molecule has 0 bridgehead atoms. The Balaban J connectivity index is 1.69. The van der Waals surface area contributed by atoms with E-state index in [1.54, 1.807) is 0 Å². The fourth-order valence-corrected chi connectivity index (χ4v) is 3.75. The second kappa shape index (κ2) is 8.20. The topological polar surface area (TPSA) is 18.5 Å². The van der Waals surface area contributed by atoms with Gasteiger partial charge in [-0.2, -0.15) is 0 Å². The molecule has 2 nitrogen and oxygen atoms in total. The van der Waals surface area contributed by atoms with E-state index >= 15 is 0 Å². The standard InChI is InChI=1S/C24H33BO2/c1-19-12-11-16-21(18-19)22(25-26-23(2,3)24(4,5)27-25)17-10-9-15-20-13-7-6-8-14-20/h6-8,11-14,16,18,22H,9-10,15,17H2,1-5H3. The van der Waals surface area contributed by atoms with Gasteiger partial charge in [0.25, 0.3) is 0 Å². The monoisotopic (exact) mass is 364 g/mol. The molecule has 144 valence electrons. The van der Waals surface area contributed by atoms with Crippen molar-refractivity contribution in [3.8, 4) is 0 Å². The minimum Gasteiger partial charge on any atom is -0.403 e. The first kappa shape index (κ1) is 20.2. The van der Waals surface area contributed by atoms with Crippen LogP contribution in [0.4, 0.5) is 0 Å². The highest BCUT2D eigenvalue weighted by Gasteiger charge is 2.53. The molecular weight excluding hydrogens is 331 g/mol. The molecule has 1 atom stereocenters. The van der Waals surface area contributed by atoms with Crippen LogP contribution in [0.3, 0.4) is 0 Å². The predicted molar refractivity (Wildman–Crippen MR) is 114 cm³/mol. The molecule has 1 aliphatic heterocycles. The molecule has 1 fully saturated rings. The van der Waals surface area contributed by atoms with Crippen LogP contribution in [0.1, 0.15) is 69.5 Å². The average molecular weight is 364 g/mol. The SMILES string of the molecule is Cc1cccc(C(CCCCc2ccccc2)B2OC(C)(C)C(C)(C)O2)c1. The van der Waals surface area contributed by atoms with Crippen molar-refractivity contribution < 1.29 is 9.31 Å². The van der Waals surface area contributed by atoms with E-state index in [-0.39, 0.29) is 24.1 Å². The Morgan fingerprint density at radius 3 is 2.15 bits per heavy atom. The van der Waals surface area contributed by atoms with Gasteiger partial charge in [-0.05, 0) is 65.0 Å². The van der Waals surface area contributed by atoms with Gasteiger partial charge in [-0.25, -0.2) is 0 Å². The van der Waals surface area contributed by atoms with Crippen molar-refractivity contribution in [1.82, 2.24) is 0 Å². The van der Waals surface area contributed by atoms with Gasteiger partial charge in [-0.15, -0.1) is 0 Å². The van der Waals surface area contributed by atoms with Gasteiger partial charge >= 0.3 is 7.12 Å². The molecule has 0 saturated carbocycles. The average Bonchev–Trinajstić information content (AvgIpc) is 2.83. The smallest absolute Gasteiger partial charge is 0.403 e. The molecule has 1 saturated heterocycles. The lowest BCUT2D eigenvalue weighted by atomic mass is 9.65. The van der Waals surface area contributed by atoms with E-state index in [1.165, 1.54) is 23.1 Å². The van der Waals surface area contributed by atoms with Crippen LogP contribution in [-0.4, -0.2) is 18.3 Å². The van der Waals surface area contributed by atoms with Gasteiger partial charge in [0.1, 0.15) is 0 Å². The fourth-order valence-electron chi connectivity index (χ4n) is 3.75. The van der Waals surface area contributed by atoms with Gasteiger partial charge in [0, 0.05) is 5.82 Å². The van der Waals surface area contributed by atoms with Crippen molar-refractivity contribution in [1.29, 1.82) is 0 Å². The Hall–Kier alpha value is -1.58. The summed E-state index contributed by atoms with van der Waals surface area (Å²) in [7, 11) is -0.187. The summed E-state index contributed by atoms with van der Waals surface area (Å²) in [5, 5.41) is 0. The van der Waals surface area contributed by atoms with Crippen LogP contribution >= 0.6 is 0 Å². The summed E-state index contributed by atoms with van der Waals surface area (Å²) in [4.78, 5) is 0. The van der Waals surface area contributed by atoms with E-state index in [4.69, 9.17) is 9.31 Å². The second-order valence-electron chi connectivity index (χ2n) is 8.88. The minimum absolute atomic E-state index is 0.187. The van der Waals surface area contributed by atoms with Gasteiger partial charge in [0.05, 0.1) is 11.2 Å². The number of rotatable bonds is 7. The molecule has 0 aliphatic carbocycles.